The number of carbonyl (C=O) groups is 2. The fourth-order valence-corrected chi connectivity index (χ4v) is 4.32. The molecule has 2 aliphatic rings. The molecular weight excluding hydrogens is 392 g/mol. The van der Waals surface area contributed by atoms with E-state index in [-0.39, 0.29) is 18.2 Å². The van der Waals surface area contributed by atoms with Crippen LogP contribution >= 0.6 is 11.6 Å². The van der Waals surface area contributed by atoms with Crippen molar-refractivity contribution in [1.29, 1.82) is 0 Å². The molecule has 2 amide bonds. The van der Waals surface area contributed by atoms with Gasteiger partial charge in [0.1, 0.15) is 0 Å². The number of halogens is 1. The number of amides is 2. The van der Waals surface area contributed by atoms with Crippen LogP contribution in [-0.4, -0.2) is 43.5 Å². The van der Waals surface area contributed by atoms with Gasteiger partial charge in [0.15, 0.2) is 11.5 Å². The first-order valence-electron chi connectivity index (χ1n) is 9.53. The van der Waals surface area contributed by atoms with E-state index >= 15 is 0 Å². The summed E-state index contributed by atoms with van der Waals surface area (Å²) in [5.74, 6) is 0.986. The molecule has 6 nitrogen and oxygen atoms in total. The monoisotopic (exact) mass is 414 g/mol. The molecule has 1 fully saturated rings. The number of aryl methyl sites for hydroxylation is 1. The van der Waals surface area contributed by atoms with E-state index in [1.54, 1.807) is 26.4 Å². The third-order valence-corrected chi connectivity index (χ3v) is 5.96. The number of fused-ring (bicyclic) bond motifs is 1. The lowest BCUT2D eigenvalue weighted by Gasteiger charge is -2.32. The van der Waals surface area contributed by atoms with E-state index in [9.17, 15) is 9.59 Å². The smallest absolute Gasteiger partial charge is 0.251 e. The molecule has 29 heavy (non-hydrogen) atoms. The summed E-state index contributed by atoms with van der Waals surface area (Å²) in [6, 6.07) is 8.74. The molecule has 2 aromatic rings. The summed E-state index contributed by atoms with van der Waals surface area (Å²) in [6.07, 6.45) is 0.956. The Morgan fingerprint density at radius 2 is 1.72 bits per heavy atom. The topological polar surface area (TPSA) is 59.1 Å². The average Bonchev–Trinajstić information content (AvgIpc) is 3.02. The summed E-state index contributed by atoms with van der Waals surface area (Å²) in [4.78, 5) is 29.3. The van der Waals surface area contributed by atoms with Crippen molar-refractivity contribution in [1.82, 2.24) is 4.90 Å². The number of rotatable bonds is 4. The molecular formula is C22H23ClN2O4. The number of hydrogen-bond donors (Lipinski definition) is 0. The molecule has 0 N–H and O–H groups in total. The highest BCUT2D eigenvalue weighted by Crippen LogP contribution is 2.36. The molecule has 4 rings (SSSR count). The molecule has 7 heteroatoms. The summed E-state index contributed by atoms with van der Waals surface area (Å²) in [6.45, 7) is 3.16. The maximum absolute atomic E-state index is 13.2. The zero-order valence-corrected chi connectivity index (χ0v) is 17.5. The lowest BCUT2D eigenvalue weighted by molar-refractivity contribution is -0.123. The Hall–Kier alpha value is -2.57. The number of benzene rings is 2. The first-order chi connectivity index (χ1) is 13.9. The highest BCUT2D eigenvalue weighted by atomic mass is 35.5. The van der Waals surface area contributed by atoms with Gasteiger partial charge in [-0.1, -0.05) is 17.7 Å². The van der Waals surface area contributed by atoms with Gasteiger partial charge >= 0.3 is 0 Å². The molecule has 2 aliphatic heterocycles. The van der Waals surface area contributed by atoms with E-state index in [0.29, 0.717) is 35.3 Å². The van der Waals surface area contributed by atoms with E-state index in [0.717, 1.165) is 17.5 Å². The quantitative estimate of drug-likeness (QED) is 0.718. The van der Waals surface area contributed by atoms with Gasteiger partial charge in [0.05, 0.1) is 32.4 Å². The molecule has 0 radical (unpaired) electrons. The Labute approximate surface area is 174 Å². The van der Waals surface area contributed by atoms with Gasteiger partial charge in [-0.3, -0.25) is 14.5 Å². The van der Waals surface area contributed by atoms with Crippen molar-refractivity contribution in [3.8, 4) is 11.5 Å². The van der Waals surface area contributed by atoms with Crippen LogP contribution < -0.4 is 14.4 Å². The van der Waals surface area contributed by atoms with Crippen LogP contribution in [0.25, 0.3) is 0 Å². The SMILES string of the molecule is COc1cc2c(cc1OC)CN([C@@H]1CC(=O)N(c3cc(Cl)ccc3C)C1=O)CC2. The minimum atomic E-state index is -0.470. The van der Waals surface area contributed by atoms with E-state index in [4.69, 9.17) is 21.1 Å². The molecule has 1 atom stereocenters. The fourth-order valence-electron chi connectivity index (χ4n) is 4.15. The molecule has 1 saturated heterocycles. The third-order valence-electron chi connectivity index (χ3n) is 5.72. The summed E-state index contributed by atoms with van der Waals surface area (Å²) in [7, 11) is 3.23. The maximum Gasteiger partial charge on any atom is 0.251 e. The van der Waals surface area contributed by atoms with Gasteiger partial charge in [-0.05, 0) is 54.3 Å². The average molecular weight is 415 g/mol. The van der Waals surface area contributed by atoms with Gasteiger partial charge in [-0.2, -0.15) is 0 Å². The molecule has 0 bridgehead atoms. The van der Waals surface area contributed by atoms with Crippen molar-refractivity contribution in [2.24, 2.45) is 0 Å². The molecule has 2 heterocycles. The summed E-state index contributed by atoms with van der Waals surface area (Å²) >= 11 is 6.10. The van der Waals surface area contributed by atoms with Gasteiger partial charge in [-0.25, -0.2) is 4.90 Å². The van der Waals surface area contributed by atoms with Crippen LogP contribution in [0.2, 0.25) is 5.02 Å². The molecule has 152 valence electrons. The molecule has 0 unspecified atom stereocenters. The zero-order valence-electron chi connectivity index (χ0n) is 16.7. The number of anilines is 1. The predicted octanol–water partition coefficient (Wildman–Crippen LogP) is 3.36. The molecule has 2 aromatic carbocycles. The van der Waals surface area contributed by atoms with Crippen molar-refractivity contribution in [3.63, 3.8) is 0 Å². The Morgan fingerprint density at radius 3 is 2.41 bits per heavy atom. The molecule has 0 aliphatic carbocycles. The van der Waals surface area contributed by atoms with E-state index in [1.807, 2.05) is 25.1 Å². The predicted molar refractivity (Wildman–Crippen MR) is 111 cm³/mol. The highest BCUT2D eigenvalue weighted by molar-refractivity contribution is 6.31. The third kappa shape index (κ3) is 3.47. The Kier molecular flexibility index (Phi) is 5.23. The Morgan fingerprint density at radius 1 is 1.03 bits per heavy atom. The van der Waals surface area contributed by atoms with Crippen molar-refractivity contribution in [3.05, 3.63) is 52.0 Å². The van der Waals surface area contributed by atoms with Crippen LogP contribution in [0.15, 0.2) is 30.3 Å². The van der Waals surface area contributed by atoms with Gasteiger partial charge in [-0.15, -0.1) is 0 Å². The minimum Gasteiger partial charge on any atom is -0.493 e. The number of ether oxygens (including phenoxy) is 2. The van der Waals surface area contributed by atoms with Crippen molar-refractivity contribution in [2.75, 3.05) is 25.7 Å². The highest BCUT2D eigenvalue weighted by Gasteiger charge is 2.43. The van der Waals surface area contributed by atoms with Crippen LogP contribution in [0.4, 0.5) is 5.69 Å². The summed E-state index contributed by atoms with van der Waals surface area (Å²) in [5.41, 5.74) is 3.68. The number of nitrogens with zero attached hydrogens (tertiary/aromatic N) is 2. The van der Waals surface area contributed by atoms with Crippen LogP contribution in [-0.2, 0) is 22.6 Å². The standard InChI is InChI=1S/C22H23ClN2O4/c1-13-4-5-16(23)10-17(13)25-21(26)11-18(22(25)27)24-7-6-14-8-19(28-2)20(29-3)9-15(14)12-24/h4-5,8-10,18H,6-7,11-12H2,1-3H3/t18-/m1/s1. The number of hydrogen-bond acceptors (Lipinski definition) is 5. The van der Waals surface area contributed by atoms with Gasteiger partial charge < -0.3 is 9.47 Å². The van der Waals surface area contributed by atoms with Crippen LogP contribution in [0, 0.1) is 6.92 Å². The normalized spacial score (nSPS) is 19.4. The molecule has 0 spiro atoms. The van der Waals surface area contributed by atoms with Gasteiger partial charge in [0.2, 0.25) is 5.91 Å². The van der Waals surface area contributed by atoms with E-state index in [1.165, 1.54) is 10.5 Å². The van der Waals surface area contributed by atoms with Gasteiger partial charge in [0, 0.05) is 18.1 Å². The number of imide groups is 1. The van der Waals surface area contributed by atoms with Crippen LogP contribution in [0.1, 0.15) is 23.1 Å². The molecule has 0 saturated carbocycles. The number of methoxy groups -OCH3 is 2. The van der Waals surface area contributed by atoms with Gasteiger partial charge in [0.25, 0.3) is 5.91 Å². The van der Waals surface area contributed by atoms with Crippen molar-refractivity contribution in [2.45, 2.75) is 32.4 Å². The summed E-state index contributed by atoms with van der Waals surface area (Å²) < 4.78 is 10.8. The summed E-state index contributed by atoms with van der Waals surface area (Å²) in [5, 5.41) is 0.502. The minimum absolute atomic E-state index is 0.174. The zero-order chi connectivity index (χ0) is 20.7. The van der Waals surface area contributed by atoms with Crippen molar-refractivity contribution < 1.29 is 19.1 Å². The Balaban J connectivity index is 1.60. The molecule has 0 aromatic heterocycles. The van der Waals surface area contributed by atoms with Crippen molar-refractivity contribution >= 4 is 29.1 Å². The first-order valence-corrected chi connectivity index (χ1v) is 9.91. The van der Waals surface area contributed by atoms with E-state index in [2.05, 4.69) is 4.90 Å². The van der Waals surface area contributed by atoms with Crippen LogP contribution in [0.3, 0.4) is 0 Å². The maximum atomic E-state index is 13.2. The lowest BCUT2D eigenvalue weighted by Crippen LogP contribution is -2.44. The number of carbonyl (C=O) groups excluding carboxylic acids is 2. The fraction of sp³-hybridized carbons (Fsp3) is 0.364. The Bertz CT molecular complexity index is 991. The second kappa shape index (κ2) is 7.69. The second-order valence-electron chi connectivity index (χ2n) is 7.41. The van der Waals surface area contributed by atoms with Crippen LogP contribution in [0.5, 0.6) is 11.5 Å². The van der Waals surface area contributed by atoms with E-state index < -0.39 is 6.04 Å². The second-order valence-corrected chi connectivity index (χ2v) is 7.85. The lowest BCUT2D eigenvalue weighted by atomic mass is 9.97. The largest absolute Gasteiger partial charge is 0.493 e. The first kappa shape index (κ1) is 19.7.